The van der Waals surface area contributed by atoms with Gasteiger partial charge in [-0.15, -0.1) is 0 Å². The smallest absolute Gasteiger partial charge is 0.314 e. The number of hydrogen-bond acceptors (Lipinski definition) is 3. The molecule has 0 radical (unpaired) electrons. The van der Waals surface area contributed by atoms with Crippen molar-refractivity contribution in [3.63, 3.8) is 0 Å². The van der Waals surface area contributed by atoms with Crippen LogP contribution in [0.3, 0.4) is 0 Å². The molecule has 1 rings (SSSR count). The van der Waals surface area contributed by atoms with E-state index < -0.39 is 0 Å². The third kappa shape index (κ3) is 5.07. The Morgan fingerprint density at radius 2 is 1.89 bits per heavy atom. The van der Waals surface area contributed by atoms with Gasteiger partial charge in [0, 0.05) is 13.1 Å². The molecule has 0 saturated heterocycles. The van der Waals surface area contributed by atoms with Crippen molar-refractivity contribution in [1.82, 2.24) is 10.6 Å². The molecule has 0 aliphatic rings. The normalized spacial score (nSPS) is 9.84. The predicted octanol–water partition coefficient (Wildman–Crippen LogP) is 1.96. The van der Waals surface area contributed by atoms with Crippen molar-refractivity contribution in [1.29, 1.82) is 0 Å². The minimum absolute atomic E-state index is 0.135. The number of carbonyl (C=O) groups is 1. The summed E-state index contributed by atoms with van der Waals surface area (Å²) in [5, 5.41) is 5.57. The van der Waals surface area contributed by atoms with Gasteiger partial charge in [0.15, 0.2) is 0 Å². The van der Waals surface area contributed by atoms with Gasteiger partial charge in [-0.05, 0) is 36.6 Å². The fourth-order valence-electron chi connectivity index (χ4n) is 1.69. The minimum Gasteiger partial charge on any atom is -0.497 e. The summed E-state index contributed by atoms with van der Waals surface area (Å²) < 4.78 is 10.5. The summed E-state index contributed by atoms with van der Waals surface area (Å²) in [6, 6.07) is 5.50. The van der Waals surface area contributed by atoms with Gasteiger partial charge in [0.25, 0.3) is 0 Å². The molecule has 0 spiro atoms. The van der Waals surface area contributed by atoms with E-state index in [0.29, 0.717) is 19.5 Å². The molecule has 5 nitrogen and oxygen atoms in total. The number of methoxy groups -OCH3 is 2. The molecule has 2 amide bonds. The third-order valence-corrected chi connectivity index (χ3v) is 2.70. The van der Waals surface area contributed by atoms with Gasteiger partial charge in [0.05, 0.1) is 14.2 Å². The van der Waals surface area contributed by atoms with Crippen molar-refractivity contribution in [2.75, 3.05) is 27.3 Å². The molecule has 0 aliphatic heterocycles. The van der Waals surface area contributed by atoms with Gasteiger partial charge in [0.1, 0.15) is 11.5 Å². The van der Waals surface area contributed by atoms with E-state index in [-0.39, 0.29) is 6.03 Å². The summed E-state index contributed by atoms with van der Waals surface area (Å²) in [5.74, 6) is 1.59. The second kappa shape index (κ2) is 8.24. The highest BCUT2D eigenvalue weighted by Gasteiger charge is 2.05. The van der Waals surface area contributed by atoms with Crippen molar-refractivity contribution >= 4 is 6.03 Å². The quantitative estimate of drug-likeness (QED) is 0.793. The molecule has 1 aromatic carbocycles. The van der Waals surface area contributed by atoms with Crippen LogP contribution in [0.2, 0.25) is 0 Å². The molecule has 5 heteroatoms. The number of urea groups is 1. The van der Waals surface area contributed by atoms with Crippen molar-refractivity contribution in [2.45, 2.75) is 19.8 Å². The highest BCUT2D eigenvalue weighted by molar-refractivity contribution is 5.73. The van der Waals surface area contributed by atoms with E-state index in [1.807, 2.05) is 25.1 Å². The molecule has 0 atom stereocenters. The predicted molar refractivity (Wildman–Crippen MR) is 74.9 cm³/mol. The molecule has 0 bridgehead atoms. The number of nitrogens with one attached hydrogen (secondary N) is 2. The Kier molecular flexibility index (Phi) is 6.57. The number of amides is 2. The zero-order valence-electron chi connectivity index (χ0n) is 11.8. The van der Waals surface area contributed by atoms with E-state index in [1.54, 1.807) is 14.2 Å². The average Bonchev–Trinajstić information content (AvgIpc) is 2.44. The molecule has 0 unspecified atom stereocenters. The highest BCUT2D eigenvalue weighted by atomic mass is 16.5. The molecule has 0 aliphatic carbocycles. The van der Waals surface area contributed by atoms with Crippen molar-refractivity contribution in [3.8, 4) is 11.5 Å². The van der Waals surface area contributed by atoms with Crippen LogP contribution in [0.4, 0.5) is 4.79 Å². The zero-order chi connectivity index (χ0) is 14.1. The van der Waals surface area contributed by atoms with Gasteiger partial charge in [-0.3, -0.25) is 0 Å². The number of hydrogen-bond donors (Lipinski definition) is 2. The van der Waals surface area contributed by atoms with E-state index in [4.69, 9.17) is 9.47 Å². The lowest BCUT2D eigenvalue weighted by Crippen LogP contribution is -2.36. The molecule has 0 saturated carbocycles. The largest absolute Gasteiger partial charge is 0.497 e. The van der Waals surface area contributed by atoms with Crippen molar-refractivity contribution < 1.29 is 14.3 Å². The number of carbonyl (C=O) groups excluding carboxylic acids is 1. The van der Waals surface area contributed by atoms with E-state index in [2.05, 4.69) is 10.6 Å². The first-order chi connectivity index (χ1) is 9.21. The third-order valence-electron chi connectivity index (χ3n) is 2.70. The van der Waals surface area contributed by atoms with Gasteiger partial charge in [-0.25, -0.2) is 4.79 Å². The Bertz CT molecular complexity index is 408. The van der Waals surface area contributed by atoms with Gasteiger partial charge in [0.2, 0.25) is 0 Å². The molecule has 0 aromatic heterocycles. The van der Waals surface area contributed by atoms with E-state index in [9.17, 15) is 4.79 Å². The van der Waals surface area contributed by atoms with Crippen LogP contribution in [-0.4, -0.2) is 33.3 Å². The fraction of sp³-hybridized carbons (Fsp3) is 0.500. The fourth-order valence-corrected chi connectivity index (χ4v) is 1.69. The van der Waals surface area contributed by atoms with Crippen molar-refractivity contribution in [3.05, 3.63) is 23.8 Å². The van der Waals surface area contributed by atoms with Crippen LogP contribution in [0, 0.1) is 0 Å². The standard InChI is InChI=1S/C14H22N2O3/c1-4-8-15-14(17)16-9-7-11-10-12(18-2)5-6-13(11)19-3/h5-6,10H,4,7-9H2,1-3H3,(H2,15,16,17). The highest BCUT2D eigenvalue weighted by Crippen LogP contribution is 2.23. The summed E-state index contributed by atoms with van der Waals surface area (Å²) in [7, 11) is 3.26. The van der Waals surface area contributed by atoms with Gasteiger partial charge >= 0.3 is 6.03 Å². The Hall–Kier alpha value is -1.91. The Labute approximate surface area is 114 Å². The van der Waals surface area contributed by atoms with E-state index >= 15 is 0 Å². The second-order valence-electron chi connectivity index (χ2n) is 4.11. The van der Waals surface area contributed by atoms with Gasteiger partial charge in [-0.1, -0.05) is 6.92 Å². The maximum atomic E-state index is 11.4. The van der Waals surface area contributed by atoms with Crippen LogP contribution >= 0.6 is 0 Å². The van der Waals surface area contributed by atoms with Crippen LogP contribution in [0.25, 0.3) is 0 Å². The Balaban J connectivity index is 2.49. The zero-order valence-corrected chi connectivity index (χ0v) is 11.8. The molecule has 2 N–H and O–H groups in total. The van der Waals surface area contributed by atoms with Crippen LogP contribution in [0.15, 0.2) is 18.2 Å². The topological polar surface area (TPSA) is 59.6 Å². The van der Waals surface area contributed by atoms with Crippen LogP contribution in [0.1, 0.15) is 18.9 Å². The molecular weight excluding hydrogens is 244 g/mol. The summed E-state index contributed by atoms with van der Waals surface area (Å²) in [4.78, 5) is 11.4. The van der Waals surface area contributed by atoms with Gasteiger partial charge < -0.3 is 20.1 Å². The lowest BCUT2D eigenvalue weighted by molar-refractivity contribution is 0.241. The minimum atomic E-state index is -0.135. The molecule has 0 fully saturated rings. The maximum Gasteiger partial charge on any atom is 0.314 e. The Morgan fingerprint density at radius 1 is 1.16 bits per heavy atom. The van der Waals surface area contributed by atoms with Gasteiger partial charge in [-0.2, -0.15) is 0 Å². The molecule has 1 aromatic rings. The first kappa shape index (κ1) is 15.1. The molecular formula is C14H22N2O3. The first-order valence-electron chi connectivity index (χ1n) is 6.43. The van der Waals surface area contributed by atoms with Crippen molar-refractivity contribution in [2.24, 2.45) is 0 Å². The average molecular weight is 266 g/mol. The molecule has 106 valence electrons. The first-order valence-corrected chi connectivity index (χ1v) is 6.43. The summed E-state index contributed by atoms with van der Waals surface area (Å²) in [6.45, 7) is 3.26. The molecule has 0 heterocycles. The molecule has 19 heavy (non-hydrogen) atoms. The lowest BCUT2D eigenvalue weighted by Gasteiger charge is -2.11. The van der Waals surface area contributed by atoms with E-state index in [0.717, 1.165) is 23.5 Å². The lowest BCUT2D eigenvalue weighted by atomic mass is 10.1. The number of ether oxygens (including phenoxy) is 2. The number of benzene rings is 1. The second-order valence-corrected chi connectivity index (χ2v) is 4.11. The maximum absolute atomic E-state index is 11.4. The van der Waals surface area contributed by atoms with Crippen LogP contribution in [0.5, 0.6) is 11.5 Å². The summed E-state index contributed by atoms with van der Waals surface area (Å²) in [5.41, 5.74) is 1.01. The van der Waals surface area contributed by atoms with E-state index in [1.165, 1.54) is 0 Å². The van der Waals surface area contributed by atoms with Crippen LogP contribution < -0.4 is 20.1 Å². The number of rotatable bonds is 7. The Morgan fingerprint density at radius 3 is 2.53 bits per heavy atom. The van der Waals surface area contributed by atoms with Crippen LogP contribution in [-0.2, 0) is 6.42 Å². The SMILES string of the molecule is CCCNC(=O)NCCc1cc(OC)ccc1OC. The summed E-state index contributed by atoms with van der Waals surface area (Å²) in [6.07, 6.45) is 1.62. The monoisotopic (exact) mass is 266 g/mol. The summed E-state index contributed by atoms with van der Waals surface area (Å²) >= 11 is 0.